The molecule has 1 fully saturated rings. The summed E-state index contributed by atoms with van der Waals surface area (Å²) in [6.45, 7) is 2.44. The molecule has 0 aliphatic carbocycles. The standard InChI is InChI=1S/C20H23N5O.ClH/c26-20(19-17-8-1-2-9-18(17)23-24-19)25(14-15-6-3-4-12-22-15)16-7-5-11-21-13-10-16;/h1-4,6,8-9,12,16,21H,5,7,10-11,13-14H2,(H,23,24);1H. The molecule has 1 unspecified atom stereocenters. The molecule has 2 N–H and O–H groups in total. The monoisotopic (exact) mass is 385 g/mol. The van der Waals surface area contributed by atoms with Crippen LogP contribution in [0.3, 0.4) is 0 Å². The van der Waals surface area contributed by atoms with Gasteiger partial charge in [0.15, 0.2) is 5.69 Å². The Morgan fingerprint density at radius 3 is 2.81 bits per heavy atom. The van der Waals surface area contributed by atoms with Gasteiger partial charge in [-0.05, 0) is 50.6 Å². The number of hydrogen-bond donors (Lipinski definition) is 2. The SMILES string of the molecule is Cl.O=C(c1n[nH]c2ccccc12)N(Cc1ccccn1)C1CCCNCC1. The largest absolute Gasteiger partial charge is 0.328 e. The first-order valence-corrected chi connectivity index (χ1v) is 9.17. The Morgan fingerprint density at radius 2 is 1.96 bits per heavy atom. The lowest BCUT2D eigenvalue weighted by molar-refractivity contribution is 0.0638. The maximum absolute atomic E-state index is 13.4. The van der Waals surface area contributed by atoms with Crippen LogP contribution in [0.5, 0.6) is 0 Å². The third kappa shape index (κ3) is 4.28. The van der Waals surface area contributed by atoms with E-state index in [4.69, 9.17) is 0 Å². The molecule has 6 nitrogen and oxygen atoms in total. The van der Waals surface area contributed by atoms with Gasteiger partial charge in [0, 0.05) is 17.6 Å². The molecular formula is C20H24ClN5O. The van der Waals surface area contributed by atoms with Crippen LogP contribution < -0.4 is 5.32 Å². The highest BCUT2D eigenvalue weighted by molar-refractivity contribution is 6.04. The van der Waals surface area contributed by atoms with E-state index < -0.39 is 0 Å². The van der Waals surface area contributed by atoms with Crippen LogP contribution in [0, 0.1) is 0 Å². The van der Waals surface area contributed by atoms with Gasteiger partial charge < -0.3 is 10.2 Å². The van der Waals surface area contributed by atoms with Gasteiger partial charge in [-0.3, -0.25) is 14.9 Å². The van der Waals surface area contributed by atoms with E-state index in [1.54, 1.807) is 6.20 Å². The third-order valence-corrected chi connectivity index (χ3v) is 4.98. The molecule has 1 aromatic carbocycles. The summed E-state index contributed by atoms with van der Waals surface area (Å²) in [5.41, 5.74) is 2.28. The van der Waals surface area contributed by atoms with Crippen molar-refractivity contribution in [2.75, 3.05) is 13.1 Å². The number of nitrogens with zero attached hydrogens (tertiary/aromatic N) is 3. The zero-order valence-corrected chi connectivity index (χ0v) is 15.9. The number of aromatic amines is 1. The highest BCUT2D eigenvalue weighted by atomic mass is 35.5. The number of H-pyrrole nitrogens is 1. The first-order valence-electron chi connectivity index (χ1n) is 9.17. The number of amides is 1. The Labute approximate surface area is 164 Å². The van der Waals surface area contributed by atoms with Gasteiger partial charge in [-0.15, -0.1) is 12.4 Å². The Balaban J connectivity index is 0.00000210. The van der Waals surface area contributed by atoms with Gasteiger partial charge in [-0.2, -0.15) is 5.10 Å². The molecule has 1 aliphatic rings. The van der Waals surface area contributed by atoms with Crippen molar-refractivity contribution in [2.24, 2.45) is 0 Å². The van der Waals surface area contributed by atoms with Gasteiger partial charge in [0.25, 0.3) is 5.91 Å². The first kappa shape index (κ1) is 19.3. The summed E-state index contributed by atoms with van der Waals surface area (Å²) >= 11 is 0. The van der Waals surface area contributed by atoms with Crippen molar-refractivity contribution >= 4 is 29.2 Å². The predicted molar refractivity (Wildman–Crippen MR) is 108 cm³/mol. The van der Waals surface area contributed by atoms with Gasteiger partial charge >= 0.3 is 0 Å². The number of benzene rings is 1. The fraction of sp³-hybridized carbons (Fsp3) is 0.350. The molecular weight excluding hydrogens is 362 g/mol. The summed E-state index contributed by atoms with van der Waals surface area (Å²) in [6.07, 6.45) is 4.78. The van der Waals surface area contributed by atoms with Crippen LogP contribution in [-0.2, 0) is 6.54 Å². The van der Waals surface area contributed by atoms with Crippen LogP contribution in [0.1, 0.15) is 35.4 Å². The lowest BCUT2D eigenvalue weighted by Gasteiger charge is -2.30. The third-order valence-electron chi connectivity index (χ3n) is 4.98. The average Bonchev–Trinajstić information content (AvgIpc) is 2.93. The maximum atomic E-state index is 13.4. The van der Waals surface area contributed by atoms with Crippen molar-refractivity contribution in [1.29, 1.82) is 0 Å². The van der Waals surface area contributed by atoms with E-state index >= 15 is 0 Å². The van der Waals surface area contributed by atoms with Gasteiger partial charge in [-0.25, -0.2) is 0 Å². The second-order valence-electron chi connectivity index (χ2n) is 6.71. The second kappa shape index (κ2) is 8.97. The fourth-order valence-electron chi connectivity index (χ4n) is 3.61. The summed E-state index contributed by atoms with van der Waals surface area (Å²) < 4.78 is 0. The fourth-order valence-corrected chi connectivity index (χ4v) is 3.61. The highest BCUT2D eigenvalue weighted by Crippen LogP contribution is 2.22. The molecule has 3 heterocycles. The van der Waals surface area contributed by atoms with Gasteiger partial charge in [0.05, 0.1) is 17.8 Å². The van der Waals surface area contributed by atoms with Crippen LogP contribution in [0.25, 0.3) is 10.9 Å². The number of nitrogens with one attached hydrogen (secondary N) is 2. The molecule has 0 bridgehead atoms. The van der Waals surface area contributed by atoms with Gasteiger partial charge in [0.2, 0.25) is 0 Å². The Hall–Kier alpha value is -2.44. The lowest BCUT2D eigenvalue weighted by Crippen LogP contribution is -2.40. The van der Waals surface area contributed by atoms with Crippen LogP contribution in [0.15, 0.2) is 48.7 Å². The topological polar surface area (TPSA) is 73.9 Å². The van der Waals surface area contributed by atoms with Crippen LogP contribution in [0.2, 0.25) is 0 Å². The smallest absolute Gasteiger partial charge is 0.275 e. The number of pyridine rings is 1. The van der Waals surface area contributed by atoms with Gasteiger partial charge in [0.1, 0.15) is 0 Å². The minimum atomic E-state index is -0.0278. The zero-order chi connectivity index (χ0) is 17.8. The number of para-hydroxylation sites is 1. The van der Waals surface area contributed by atoms with Crippen molar-refractivity contribution in [3.63, 3.8) is 0 Å². The molecule has 1 aliphatic heterocycles. The Morgan fingerprint density at radius 1 is 1.11 bits per heavy atom. The quantitative estimate of drug-likeness (QED) is 0.723. The number of halogens is 1. The molecule has 0 saturated carbocycles. The van der Waals surface area contributed by atoms with Crippen molar-refractivity contribution in [3.05, 3.63) is 60.0 Å². The summed E-state index contributed by atoms with van der Waals surface area (Å²) in [6, 6.07) is 13.8. The molecule has 7 heteroatoms. The average molecular weight is 386 g/mol. The first-order chi connectivity index (χ1) is 12.8. The maximum Gasteiger partial charge on any atom is 0.275 e. The zero-order valence-electron chi connectivity index (χ0n) is 15.1. The second-order valence-corrected chi connectivity index (χ2v) is 6.71. The number of fused-ring (bicyclic) bond motifs is 1. The molecule has 1 amide bonds. The van der Waals surface area contributed by atoms with Crippen molar-refractivity contribution in [3.8, 4) is 0 Å². The molecule has 27 heavy (non-hydrogen) atoms. The minimum absolute atomic E-state index is 0. The van der Waals surface area contributed by atoms with Crippen molar-refractivity contribution in [2.45, 2.75) is 31.8 Å². The number of carbonyl (C=O) groups is 1. The van der Waals surface area contributed by atoms with Crippen LogP contribution in [-0.4, -0.2) is 45.1 Å². The van der Waals surface area contributed by atoms with E-state index in [0.717, 1.165) is 48.9 Å². The molecule has 0 radical (unpaired) electrons. The van der Waals surface area contributed by atoms with E-state index in [-0.39, 0.29) is 24.4 Å². The van der Waals surface area contributed by atoms with E-state index in [0.29, 0.717) is 12.2 Å². The number of hydrogen-bond acceptors (Lipinski definition) is 4. The molecule has 3 aromatic rings. The minimum Gasteiger partial charge on any atom is -0.328 e. The predicted octanol–water partition coefficient (Wildman–Crippen LogP) is 3.16. The molecule has 1 saturated heterocycles. The highest BCUT2D eigenvalue weighted by Gasteiger charge is 2.28. The van der Waals surface area contributed by atoms with E-state index in [1.165, 1.54) is 0 Å². The molecule has 1 atom stereocenters. The number of rotatable bonds is 4. The molecule has 2 aromatic heterocycles. The lowest BCUT2D eigenvalue weighted by atomic mass is 10.1. The number of aromatic nitrogens is 3. The van der Waals surface area contributed by atoms with E-state index in [2.05, 4.69) is 20.5 Å². The molecule has 0 spiro atoms. The summed E-state index contributed by atoms with van der Waals surface area (Å²) in [4.78, 5) is 19.8. The van der Waals surface area contributed by atoms with Crippen LogP contribution >= 0.6 is 12.4 Å². The molecule has 4 rings (SSSR count). The normalized spacial score (nSPS) is 17.1. The summed E-state index contributed by atoms with van der Waals surface area (Å²) in [5, 5.41) is 11.6. The Bertz CT molecular complexity index is 874. The molecule has 142 valence electrons. The van der Waals surface area contributed by atoms with E-state index in [9.17, 15) is 4.79 Å². The summed E-state index contributed by atoms with van der Waals surface area (Å²) in [7, 11) is 0. The van der Waals surface area contributed by atoms with Crippen molar-refractivity contribution in [1.82, 2.24) is 25.4 Å². The summed E-state index contributed by atoms with van der Waals surface area (Å²) in [5.74, 6) is -0.0278. The van der Waals surface area contributed by atoms with Crippen LogP contribution in [0.4, 0.5) is 0 Å². The number of carbonyl (C=O) groups excluding carboxylic acids is 1. The Kier molecular flexibility index (Phi) is 6.42. The van der Waals surface area contributed by atoms with Gasteiger partial charge in [-0.1, -0.05) is 24.3 Å². The van der Waals surface area contributed by atoms with E-state index in [1.807, 2.05) is 47.4 Å². The van der Waals surface area contributed by atoms with Crippen molar-refractivity contribution < 1.29 is 4.79 Å².